The number of hydrogen-bond acceptors (Lipinski definition) is 3. The van der Waals surface area contributed by atoms with Gasteiger partial charge in [0, 0.05) is 0 Å². The number of hydrogen-bond donors (Lipinski definition) is 1. The molecule has 0 saturated heterocycles. The van der Waals surface area contributed by atoms with Crippen LogP contribution in [0.2, 0.25) is 0 Å². The van der Waals surface area contributed by atoms with E-state index in [-0.39, 0.29) is 0 Å². The lowest BCUT2D eigenvalue weighted by Crippen LogP contribution is -2.19. The molecular formula is C12H11N3O2. The first-order chi connectivity index (χ1) is 8.22. The number of aliphatic carboxylic acids is 1. The number of benzene rings is 1. The highest BCUT2D eigenvalue weighted by Gasteiger charge is 2.51. The van der Waals surface area contributed by atoms with Gasteiger partial charge in [-0.15, -0.1) is 0 Å². The van der Waals surface area contributed by atoms with Crippen molar-refractivity contribution < 1.29 is 9.90 Å². The fourth-order valence-electron chi connectivity index (χ4n) is 2.04. The van der Waals surface area contributed by atoms with Gasteiger partial charge in [0.05, 0.1) is 11.1 Å². The summed E-state index contributed by atoms with van der Waals surface area (Å²) in [6.45, 7) is 0. The van der Waals surface area contributed by atoms with Crippen LogP contribution in [0.4, 0.5) is 0 Å². The molecule has 1 aliphatic carbocycles. The Kier molecular flexibility index (Phi) is 2.01. The summed E-state index contributed by atoms with van der Waals surface area (Å²) in [5.41, 5.74) is 1.02. The average Bonchev–Trinajstić information content (AvgIpc) is 2.98. The monoisotopic (exact) mass is 229 g/mol. The molecule has 0 spiro atoms. The number of carboxylic acids is 1. The van der Waals surface area contributed by atoms with Crippen LogP contribution >= 0.6 is 0 Å². The van der Waals surface area contributed by atoms with E-state index < -0.39 is 11.4 Å². The molecule has 1 aromatic carbocycles. The van der Waals surface area contributed by atoms with E-state index in [1.807, 2.05) is 24.3 Å². The van der Waals surface area contributed by atoms with E-state index >= 15 is 0 Å². The van der Waals surface area contributed by atoms with E-state index in [0.29, 0.717) is 12.8 Å². The molecule has 0 radical (unpaired) electrons. The summed E-state index contributed by atoms with van der Waals surface area (Å²) >= 11 is 0. The van der Waals surface area contributed by atoms with Gasteiger partial charge in [-0.1, -0.05) is 12.1 Å². The van der Waals surface area contributed by atoms with Crippen LogP contribution in [0.5, 0.6) is 0 Å². The molecule has 1 heterocycles. The zero-order valence-corrected chi connectivity index (χ0v) is 9.08. The number of carbonyl (C=O) groups is 1. The summed E-state index contributed by atoms with van der Waals surface area (Å²) < 4.78 is 1.63. The maximum atomic E-state index is 11.2. The summed E-state index contributed by atoms with van der Waals surface area (Å²) in [5.74, 6) is -0.742. The van der Waals surface area contributed by atoms with Gasteiger partial charge in [0.1, 0.15) is 12.7 Å². The molecular weight excluding hydrogens is 218 g/mol. The zero-order valence-electron chi connectivity index (χ0n) is 9.08. The minimum atomic E-state index is -0.742. The topological polar surface area (TPSA) is 68.0 Å². The summed E-state index contributed by atoms with van der Waals surface area (Å²) in [7, 11) is 0. The molecule has 0 unspecified atom stereocenters. The summed E-state index contributed by atoms with van der Waals surface area (Å²) in [6.07, 6.45) is 4.47. The maximum absolute atomic E-state index is 11.2. The largest absolute Gasteiger partial charge is 0.481 e. The minimum Gasteiger partial charge on any atom is -0.481 e. The van der Waals surface area contributed by atoms with Gasteiger partial charge >= 0.3 is 5.97 Å². The lowest BCUT2D eigenvalue weighted by atomic mass is 9.96. The second kappa shape index (κ2) is 3.41. The van der Waals surface area contributed by atoms with Crippen LogP contribution in [0.15, 0.2) is 36.9 Å². The van der Waals surface area contributed by atoms with Crippen LogP contribution < -0.4 is 0 Å². The third kappa shape index (κ3) is 1.51. The Labute approximate surface area is 97.7 Å². The lowest BCUT2D eigenvalue weighted by Gasteiger charge is -2.11. The molecule has 5 heteroatoms. The molecule has 1 aliphatic rings. The molecule has 0 aliphatic heterocycles. The van der Waals surface area contributed by atoms with Crippen molar-refractivity contribution in [3.63, 3.8) is 0 Å². The SMILES string of the molecule is O=C(O)C1(c2cccc(-n3cncn3)c2)CC1. The number of aromatic nitrogens is 3. The summed E-state index contributed by atoms with van der Waals surface area (Å²) in [6, 6.07) is 7.48. The Morgan fingerprint density at radius 2 is 2.24 bits per heavy atom. The molecule has 0 amide bonds. The van der Waals surface area contributed by atoms with Crippen LogP contribution in [0.1, 0.15) is 18.4 Å². The third-order valence-corrected chi connectivity index (χ3v) is 3.24. The highest BCUT2D eigenvalue weighted by Crippen LogP contribution is 2.48. The standard InChI is InChI=1S/C12H11N3O2/c16-11(17)12(4-5-12)9-2-1-3-10(6-9)15-8-13-7-14-15/h1-3,6-8H,4-5H2,(H,16,17). The van der Waals surface area contributed by atoms with Crippen LogP contribution in [0.3, 0.4) is 0 Å². The van der Waals surface area contributed by atoms with Crippen LogP contribution in [-0.2, 0) is 10.2 Å². The average molecular weight is 229 g/mol. The van der Waals surface area contributed by atoms with Gasteiger partial charge in [0.15, 0.2) is 0 Å². The van der Waals surface area contributed by atoms with Crippen molar-refractivity contribution in [2.75, 3.05) is 0 Å². The van der Waals surface area contributed by atoms with E-state index in [1.54, 1.807) is 11.0 Å². The Hall–Kier alpha value is -2.17. The maximum Gasteiger partial charge on any atom is 0.314 e. The first-order valence-corrected chi connectivity index (χ1v) is 5.41. The van der Waals surface area contributed by atoms with E-state index in [0.717, 1.165) is 11.3 Å². The Bertz CT molecular complexity index is 559. The molecule has 0 atom stereocenters. The quantitative estimate of drug-likeness (QED) is 0.863. The molecule has 5 nitrogen and oxygen atoms in total. The van der Waals surface area contributed by atoms with Crippen molar-refractivity contribution in [3.8, 4) is 5.69 Å². The van der Waals surface area contributed by atoms with Crippen LogP contribution in [0, 0.1) is 0 Å². The van der Waals surface area contributed by atoms with Crippen LogP contribution in [-0.4, -0.2) is 25.8 Å². The zero-order chi connectivity index (χ0) is 11.9. The second-order valence-electron chi connectivity index (χ2n) is 4.28. The predicted octanol–water partition coefficient (Wildman–Crippen LogP) is 1.38. The third-order valence-electron chi connectivity index (χ3n) is 3.24. The minimum absolute atomic E-state index is 0.670. The molecule has 86 valence electrons. The highest BCUT2D eigenvalue weighted by molar-refractivity contribution is 5.85. The highest BCUT2D eigenvalue weighted by atomic mass is 16.4. The second-order valence-corrected chi connectivity index (χ2v) is 4.28. The van der Waals surface area contributed by atoms with E-state index in [4.69, 9.17) is 0 Å². The van der Waals surface area contributed by atoms with Crippen LogP contribution in [0.25, 0.3) is 5.69 Å². The van der Waals surface area contributed by atoms with E-state index in [2.05, 4.69) is 10.1 Å². The Balaban J connectivity index is 2.04. The molecule has 1 aromatic heterocycles. The molecule has 1 fully saturated rings. The smallest absolute Gasteiger partial charge is 0.314 e. The Morgan fingerprint density at radius 3 is 2.82 bits per heavy atom. The van der Waals surface area contributed by atoms with Gasteiger partial charge in [-0.2, -0.15) is 5.10 Å². The molecule has 17 heavy (non-hydrogen) atoms. The van der Waals surface area contributed by atoms with Gasteiger partial charge in [0.25, 0.3) is 0 Å². The molecule has 2 aromatic rings. The first kappa shape index (κ1) is 10.0. The van der Waals surface area contributed by atoms with Gasteiger partial charge in [0.2, 0.25) is 0 Å². The Morgan fingerprint density at radius 1 is 1.41 bits per heavy atom. The summed E-state index contributed by atoms with van der Waals surface area (Å²) in [5, 5.41) is 13.3. The van der Waals surface area contributed by atoms with Crippen molar-refractivity contribution in [2.45, 2.75) is 18.3 Å². The van der Waals surface area contributed by atoms with Gasteiger partial charge in [-0.3, -0.25) is 4.79 Å². The predicted molar refractivity (Wildman–Crippen MR) is 59.9 cm³/mol. The fourth-order valence-corrected chi connectivity index (χ4v) is 2.04. The number of nitrogens with zero attached hydrogens (tertiary/aromatic N) is 3. The van der Waals surface area contributed by atoms with Gasteiger partial charge < -0.3 is 5.11 Å². The van der Waals surface area contributed by atoms with Crippen molar-refractivity contribution in [1.82, 2.24) is 14.8 Å². The number of rotatable bonds is 3. The molecule has 1 saturated carbocycles. The number of carboxylic acid groups (broad SMARTS) is 1. The van der Waals surface area contributed by atoms with Crippen molar-refractivity contribution in [2.24, 2.45) is 0 Å². The van der Waals surface area contributed by atoms with E-state index in [1.165, 1.54) is 6.33 Å². The molecule has 1 N–H and O–H groups in total. The first-order valence-electron chi connectivity index (χ1n) is 5.41. The van der Waals surface area contributed by atoms with E-state index in [9.17, 15) is 9.90 Å². The van der Waals surface area contributed by atoms with Crippen molar-refractivity contribution in [3.05, 3.63) is 42.5 Å². The molecule has 0 bridgehead atoms. The fraction of sp³-hybridized carbons (Fsp3) is 0.250. The summed E-state index contributed by atoms with van der Waals surface area (Å²) in [4.78, 5) is 15.1. The normalized spacial score (nSPS) is 16.7. The van der Waals surface area contributed by atoms with Crippen molar-refractivity contribution >= 4 is 5.97 Å². The molecule has 3 rings (SSSR count). The van der Waals surface area contributed by atoms with Gasteiger partial charge in [-0.05, 0) is 30.5 Å². The van der Waals surface area contributed by atoms with Crippen molar-refractivity contribution in [1.29, 1.82) is 0 Å². The lowest BCUT2D eigenvalue weighted by molar-refractivity contribution is -0.140. The van der Waals surface area contributed by atoms with Gasteiger partial charge in [-0.25, -0.2) is 9.67 Å².